The number of hydrogen-bond acceptors (Lipinski definition) is 4. The van der Waals surface area contributed by atoms with Crippen molar-refractivity contribution in [1.82, 2.24) is 0 Å². The molecule has 0 saturated heterocycles. The predicted octanol–water partition coefficient (Wildman–Crippen LogP) is 4.10. The largest absolute Gasteiger partial charge is 0.507 e. The first-order valence-corrected chi connectivity index (χ1v) is 7.78. The summed E-state index contributed by atoms with van der Waals surface area (Å²) < 4.78 is 10.6. The van der Waals surface area contributed by atoms with Gasteiger partial charge in [0.1, 0.15) is 5.75 Å². The van der Waals surface area contributed by atoms with E-state index < -0.39 is 0 Å². The fourth-order valence-corrected chi connectivity index (χ4v) is 3.32. The summed E-state index contributed by atoms with van der Waals surface area (Å²) in [6.07, 6.45) is 1.86. The number of fused-ring (bicyclic) bond motifs is 1. The van der Waals surface area contributed by atoms with Gasteiger partial charge in [0.05, 0.1) is 19.8 Å². The smallest absolute Gasteiger partial charge is 0.193 e. The van der Waals surface area contributed by atoms with Gasteiger partial charge in [0.25, 0.3) is 0 Å². The summed E-state index contributed by atoms with van der Waals surface area (Å²) in [6, 6.07) is 8.95. The first-order valence-electron chi connectivity index (χ1n) is 7.78. The Morgan fingerprint density at radius 3 is 2.42 bits per heavy atom. The third-order valence-electron chi connectivity index (χ3n) is 4.56. The molecule has 3 rings (SSSR count). The molecule has 1 aliphatic rings. The fourth-order valence-electron chi connectivity index (χ4n) is 3.32. The molecule has 2 aromatic carbocycles. The highest BCUT2D eigenvalue weighted by Gasteiger charge is 2.35. The van der Waals surface area contributed by atoms with Crippen LogP contribution in [-0.2, 0) is 0 Å². The number of phenols is 1. The van der Waals surface area contributed by atoms with Crippen molar-refractivity contribution in [3.8, 4) is 17.2 Å². The van der Waals surface area contributed by atoms with Gasteiger partial charge < -0.3 is 14.6 Å². The third kappa shape index (κ3) is 2.44. The van der Waals surface area contributed by atoms with E-state index in [-0.39, 0.29) is 17.5 Å². The topological polar surface area (TPSA) is 55.8 Å². The summed E-state index contributed by atoms with van der Waals surface area (Å²) in [5, 5.41) is 10.1. The van der Waals surface area contributed by atoms with E-state index in [0.717, 1.165) is 16.7 Å². The summed E-state index contributed by atoms with van der Waals surface area (Å²) >= 11 is 0. The highest BCUT2D eigenvalue weighted by Crippen LogP contribution is 2.44. The number of carbonyl (C=O) groups excluding carboxylic acids is 1. The van der Waals surface area contributed by atoms with E-state index in [9.17, 15) is 9.90 Å². The first-order chi connectivity index (χ1) is 11.5. The minimum atomic E-state index is -0.117. The Balaban J connectivity index is 2.08. The minimum Gasteiger partial charge on any atom is -0.507 e. The number of benzene rings is 2. The summed E-state index contributed by atoms with van der Waals surface area (Å²) in [4.78, 5) is 12.8. The molecular formula is C20H20O4. The predicted molar refractivity (Wildman–Crippen MR) is 93.1 cm³/mol. The second-order valence-corrected chi connectivity index (χ2v) is 5.96. The summed E-state index contributed by atoms with van der Waals surface area (Å²) in [6.45, 7) is 3.95. The maximum atomic E-state index is 12.8. The number of ketones is 1. The van der Waals surface area contributed by atoms with Crippen molar-refractivity contribution in [2.45, 2.75) is 19.8 Å². The summed E-state index contributed by atoms with van der Waals surface area (Å²) in [5.74, 6) is 1.12. The van der Waals surface area contributed by atoms with Crippen LogP contribution in [0.15, 0.2) is 35.9 Å². The fraction of sp³-hybridized carbons (Fsp3) is 0.250. The Kier molecular flexibility index (Phi) is 4.06. The van der Waals surface area contributed by atoms with Crippen LogP contribution >= 0.6 is 0 Å². The van der Waals surface area contributed by atoms with Crippen LogP contribution in [0.3, 0.4) is 0 Å². The number of methoxy groups -OCH3 is 2. The van der Waals surface area contributed by atoms with Crippen molar-refractivity contribution < 1.29 is 19.4 Å². The number of phenolic OH excluding ortho intramolecular Hbond substituents is 1. The Labute approximate surface area is 141 Å². The monoisotopic (exact) mass is 324 g/mol. The molecule has 1 aliphatic carbocycles. The second-order valence-electron chi connectivity index (χ2n) is 5.96. The van der Waals surface area contributed by atoms with Crippen LogP contribution in [-0.4, -0.2) is 25.1 Å². The molecule has 2 aromatic rings. The normalized spacial score (nSPS) is 17.9. The SMILES string of the molecule is COc1ccc(/C=C2\C(=O)c3c(O)ccc(C)c3C2C)cc1OC. The highest BCUT2D eigenvalue weighted by molar-refractivity contribution is 6.18. The molecule has 4 nitrogen and oxygen atoms in total. The molecule has 0 radical (unpaired) electrons. The molecule has 0 bridgehead atoms. The molecule has 0 aromatic heterocycles. The molecule has 0 heterocycles. The number of ether oxygens (including phenoxy) is 2. The Bertz CT molecular complexity index is 849. The lowest BCUT2D eigenvalue weighted by Gasteiger charge is -2.10. The number of hydrogen-bond donors (Lipinski definition) is 1. The van der Waals surface area contributed by atoms with Crippen molar-refractivity contribution >= 4 is 11.9 Å². The molecule has 0 saturated carbocycles. The Morgan fingerprint density at radius 1 is 1.08 bits per heavy atom. The van der Waals surface area contributed by atoms with Crippen LogP contribution in [0.1, 0.15) is 39.9 Å². The summed E-state index contributed by atoms with van der Waals surface area (Å²) in [5.41, 5.74) is 3.87. The van der Waals surface area contributed by atoms with Gasteiger partial charge in [-0.05, 0) is 47.9 Å². The van der Waals surface area contributed by atoms with Gasteiger partial charge in [-0.3, -0.25) is 4.79 Å². The van der Waals surface area contributed by atoms with E-state index >= 15 is 0 Å². The van der Waals surface area contributed by atoms with E-state index in [1.165, 1.54) is 0 Å². The number of aryl methyl sites for hydroxylation is 1. The van der Waals surface area contributed by atoms with Crippen LogP contribution in [0.4, 0.5) is 0 Å². The van der Waals surface area contributed by atoms with Crippen LogP contribution in [0.25, 0.3) is 6.08 Å². The number of aromatic hydroxyl groups is 1. The van der Waals surface area contributed by atoms with E-state index in [1.807, 2.05) is 44.2 Å². The molecule has 24 heavy (non-hydrogen) atoms. The molecule has 1 atom stereocenters. The van der Waals surface area contributed by atoms with E-state index in [2.05, 4.69) is 0 Å². The highest BCUT2D eigenvalue weighted by atomic mass is 16.5. The van der Waals surface area contributed by atoms with Crippen molar-refractivity contribution in [2.24, 2.45) is 0 Å². The van der Waals surface area contributed by atoms with Crippen molar-refractivity contribution in [1.29, 1.82) is 0 Å². The van der Waals surface area contributed by atoms with Crippen LogP contribution in [0, 0.1) is 6.92 Å². The van der Waals surface area contributed by atoms with Crippen LogP contribution < -0.4 is 9.47 Å². The Morgan fingerprint density at radius 2 is 1.79 bits per heavy atom. The van der Waals surface area contributed by atoms with Gasteiger partial charge in [-0.2, -0.15) is 0 Å². The first kappa shape index (κ1) is 16.1. The zero-order valence-corrected chi connectivity index (χ0v) is 14.2. The third-order valence-corrected chi connectivity index (χ3v) is 4.56. The lowest BCUT2D eigenvalue weighted by Crippen LogP contribution is -1.98. The van der Waals surface area contributed by atoms with E-state index in [4.69, 9.17) is 9.47 Å². The molecule has 0 fully saturated rings. The molecule has 1 unspecified atom stereocenters. The maximum absolute atomic E-state index is 12.8. The number of carbonyl (C=O) groups is 1. The molecule has 1 N–H and O–H groups in total. The number of Topliss-reactive ketones (excluding diaryl/α,β-unsaturated/α-hetero) is 1. The molecule has 0 spiro atoms. The second kappa shape index (κ2) is 6.04. The van der Waals surface area contributed by atoms with Gasteiger partial charge >= 0.3 is 0 Å². The molecule has 124 valence electrons. The zero-order chi connectivity index (χ0) is 17.4. The number of rotatable bonds is 3. The van der Waals surface area contributed by atoms with Gasteiger partial charge in [0.15, 0.2) is 17.3 Å². The van der Waals surface area contributed by atoms with Crippen LogP contribution in [0.2, 0.25) is 0 Å². The molecule has 0 aliphatic heterocycles. The van der Waals surface area contributed by atoms with Crippen molar-refractivity contribution in [3.05, 3.63) is 58.2 Å². The van der Waals surface area contributed by atoms with E-state index in [1.54, 1.807) is 20.3 Å². The molecule has 0 amide bonds. The van der Waals surface area contributed by atoms with Crippen molar-refractivity contribution in [3.63, 3.8) is 0 Å². The van der Waals surface area contributed by atoms with Gasteiger partial charge in [-0.15, -0.1) is 0 Å². The van der Waals surface area contributed by atoms with Gasteiger partial charge in [-0.25, -0.2) is 0 Å². The standard InChI is InChI=1S/C20H20O4/c1-11-5-7-15(21)19-18(11)12(2)14(20(19)22)9-13-6-8-16(23-3)17(10-13)24-4/h5-10,12,21H,1-4H3/b14-9-. The van der Waals surface area contributed by atoms with E-state index in [0.29, 0.717) is 22.6 Å². The molecule has 4 heteroatoms. The van der Waals surface area contributed by atoms with Gasteiger partial charge in [-0.1, -0.05) is 19.1 Å². The van der Waals surface area contributed by atoms with Crippen LogP contribution in [0.5, 0.6) is 17.2 Å². The average molecular weight is 324 g/mol. The quantitative estimate of drug-likeness (QED) is 0.864. The van der Waals surface area contributed by atoms with Crippen molar-refractivity contribution in [2.75, 3.05) is 14.2 Å². The minimum absolute atomic E-state index is 0.0446. The average Bonchev–Trinajstić information content (AvgIpc) is 2.84. The Hall–Kier alpha value is -2.75. The summed E-state index contributed by atoms with van der Waals surface area (Å²) in [7, 11) is 3.16. The lowest BCUT2D eigenvalue weighted by atomic mass is 9.95. The molecular weight excluding hydrogens is 304 g/mol. The zero-order valence-electron chi connectivity index (χ0n) is 14.2. The van der Waals surface area contributed by atoms with Gasteiger partial charge in [0.2, 0.25) is 0 Å². The maximum Gasteiger partial charge on any atom is 0.193 e. The lowest BCUT2D eigenvalue weighted by molar-refractivity contribution is 0.103. The number of allylic oxidation sites excluding steroid dienone is 1. The van der Waals surface area contributed by atoms with Gasteiger partial charge in [0, 0.05) is 11.5 Å².